The number of hydrogen-bond acceptors (Lipinski definition) is 4. The second kappa shape index (κ2) is 8.46. The normalized spacial score (nSPS) is 11.0. The number of nitrogens with one attached hydrogen (secondary N) is 2. The summed E-state index contributed by atoms with van der Waals surface area (Å²) in [4.78, 5) is 18.5. The van der Waals surface area contributed by atoms with Gasteiger partial charge in [0.2, 0.25) is 5.91 Å². The maximum atomic E-state index is 12.0. The number of anilines is 1. The first-order valence-electron chi connectivity index (χ1n) is 7.66. The Kier molecular flexibility index (Phi) is 6.30. The molecule has 1 aromatic heterocycles. The van der Waals surface area contributed by atoms with Gasteiger partial charge in [-0.05, 0) is 45.7 Å². The van der Waals surface area contributed by atoms with Gasteiger partial charge in [0.1, 0.15) is 0 Å². The average molecular weight is 300 g/mol. The van der Waals surface area contributed by atoms with Gasteiger partial charge in [-0.2, -0.15) is 0 Å². The molecule has 0 aliphatic carbocycles. The Hall–Kier alpha value is -1.98. The summed E-state index contributed by atoms with van der Waals surface area (Å²) in [7, 11) is 4.12. The summed E-state index contributed by atoms with van der Waals surface area (Å²) in [6.45, 7) is 2.68. The second-order valence-electron chi connectivity index (χ2n) is 5.59. The van der Waals surface area contributed by atoms with Gasteiger partial charge in [-0.1, -0.05) is 18.2 Å². The molecule has 1 amide bonds. The Bertz CT molecular complexity index is 607. The van der Waals surface area contributed by atoms with Crippen LogP contribution in [0.15, 0.2) is 36.5 Å². The molecule has 0 bridgehead atoms. The molecule has 0 saturated carbocycles. The highest BCUT2D eigenvalue weighted by Gasteiger charge is 2.06. The van der Waals surface area contributed by atoms with E-state index in [4.69, 9.17) is 0 Å². The summed E-state index contributed by atoms with van der Waals surface area (Å²) in [6, 6.07) is 9.69. The number of amides is 1. The smallest absolute Gasteiger partial charge is 0.225 e. The van der Waals surface area contributed by atoms with Gasteiger partial charge in [0.05, 0.1) is 11.2 Å². The molecule has 2 aromatic rings. The zero-order valence-electron chi connectivity index (χ0n) is 13.3. The van der Waals surface area contributed by atoms with Crippen LogP contribution in [0.5, 0.6) is 0 Å². The first-order chi connectivity index (χ1) is 10.7. The highest BCUT2D eigenvalue weighted by molar-refractivity contribution is 6.00. The molecule has 0 radical (unpaired) electrons. The molecule has 118 valence electrons. The number of carbonyl (C=O) groups is 1. The van der Waals surface area contributed by atoms with E-state index in [1.165, 1.54) is 0 Å². The second-order valence-corrected chi connectivity index (χ2v) is 5.59. The summed E-state index contributed by atoms with van der Waals surface area (Å²) in [5, 5.41) is 7.27. The fourth-order valence-corrected chi connectivity index (χ4v) is 2.26. The van der Waals surface area contributed by atoms with Crippen LogP contribution in [0.25, 0.3) is 10.9 Å². The van der Waals surface area contributed by atoms with Crippen molar-refractivity contribution in [1.29, 1.82) is 0 Å². The molecule has 0 unspecified atom stereocenters. The molecule has 5 nitrogen and oxygen atoms in total. The quantitative estimate of drug-likeness (QED) is 0.733. The largest absolute Gasteiger partial charge is 0.324 e. The van der Waals surface area contributed by atoms with Crippen molar-refractivity contribution in [2.75, 3.05) is 39.0 Å². The minimum Gasteiger partial charge on any atom is -0.324 e. The topological polar surface area (TPSA) is 57.3 Å². The van der Waals surface area contributed by atoms with Crippen LogP contribution in [0.3, 0.4) is 0 Å². The van der Waals surface area contributed by atoms with Crippen molar-refractivity contribution in [3.05, 3.63) is 36.5 Å². The summed E-state index contributed by atoms with van der Waals surface area (Å²) in [5.74, 6) is 0.0123. The molecule has 0 aliphatic rings. The Morgan fingerprint density at radius 3 is 2.82 bits per heavy atom. The molecule has 0 aliphatic heterocycles. The summed E-state index contributed by atoms with van der Waals surface area (Å²) in [6.07, 6.45) is 3.29. The number of nitrogens with zero attached hydrogens (tertiary/aromatic N) is 2. The standard InChI is InChI=1S/C17H24N4O/c1-21(2)13-5-10-18-12-9-16(22)20-15-8-3-6-14-7-4-11-19-17(14)15/h3-4,6-8,11,18H,5,9-10,12-13H2,1-2H3,(H,20,22). The molecule has 0 saturated heterocycles. The third-order valence-corrected chi connectivity index (χ3v) is 3.39. The van der Waals surface area contributed by atoms with Crippen LogP contribution in [0.1, 0.15) is 12.8 Å². The number of pyridine rings is 1. The molecule has 2 rings (SSSR count). The lowest BCUT2D eigenvalue weighted by molar-refractivity contribution is -0.116. The molecular formula is C17H24N4O. The van der Waals surface area contributed by atoms with Gasteiger partial charge in [-0.15, -0.1) is 0 Å². The van der Waals surface area contributed by atoms with Crippen molar-refractivity contribution in [2.45, 2.75) is 12.8 Å². The minimum absolute atomic E-state index is 0.0123. The number of fused-ring (bicyclic) bond motifs is 1. The predicted molar refractivity (Wildman–Crippen MR) is 91.0 cm³/mol. The SMILES string of the molecule is CN(C)CCCNCCC(=O)Nc1cccc2cccnc12. The minimum atomic E-state index is 0.0123. The molecule has 0 fully saturated rings. The monoisotopic (exact) mass is 300 g/mol. The van der Waals surface area contributed by atoms with Crippen LogP contribution in [0, 0.1) is 0 Å². The summed E-state index contributed by atoms with van der Waals surface area (Å²) >= 11 is 0. The molecule has 1 aromatic carbocycles. The Balaban J connectivity index is 1.77. The van der Waals surface area contributed by atoms with Gasteiger partial charge in [0, 0.05) is 24.5 Å². The summed E-state index contributed by atoms with van der Waals surface area (Å²) < 4.78 is 0. The zero-order chi connectivity index (χ0) is 15.8. The Morgan fingerprint density at radius 2 is 2.00 bits per heavy atom. The maximum Gasteiger partial charge on any atom is 0.225 e. The highest BCUT2D eigenvalue weighted by Crippen LogP contribution is 2.20. The number of para-hydroxylation sites is 1. The number of carbonyl (C=O) groups excluding carboxylic acids is 1. The zero-order valence-corrected chi connectivity index (χ0v) is 13.3. The summed E-state index contributed by atoms with van der Waals surface area (Å²) in [5.41, 5.74) is 1.60. The van der Waals surface area contributed by atoms with E-state index in [-0.39, 0.29) is 5.91 Å². The predicted octanol–water partition coefficient (Wildman–Crippen LogP) is 2.10. The van der Waals surface area contributed by atoms with Gasteiger partial charge in [0.25, 0.3) is 0 Å². The van der Waals surface area contributed by atoms with E-state index < -0.39 is 0 Å². The van der Waals surface area contributed by atoms with Crippen LogP contribution < -0.4 is 10.6 Å². The Morgan fingerprint density at radius 1 is 1.18 bits per heavy atom. The van der Waals surface area contributed by atoms with E-state index in [0.717, 1.165) is 36.1 Å². The number of aromatic nitrogens is 1. The first kappa shape index (κ1) is 16.4. The Labute approximate surface area is 131 Å². The first-order valence-corrected chi connectivity index (χ1v) is 7.66. The van der Waals surface area contributed by atoms with Crippen molar-refractivity contribution in [2.24, 2.45) is 0 Å². The average Bonchev–Trinajstić information content (AvgIpc) is 2.51. The van der Waals surface area contributed by atoms with Crippen molar-refractivity contribution >= 4 is 22.5 Å². The van der Waals surface area contributed by atoms with Crippen LogP contribution in [-0.2, 0) is 4.79 Å². The van der Waals surface area contributed by atoms with E-state index in [2.05, 4.69) is 34.6 Å². The van der Waals surface area contributed by atoms with Gasteiger partial charge in [0.15, 0.2) is 0 Å². The van der Waals surface area contributed by atoms with Crippen molar-refractivity contribution in [3.63, 3.8) is 0 Å². The third kappa shape index (κ3) is 5.09. The molecule has 2 N–H and O–H groups in total. The lowest BCUT2D eigenvalue weighted by atomic mass is 10.2. The van der Waals surface area contributed by atoms with Gasteiger partial charge in [-0.3, -0.25) is 9.78 Å². The van der Waals surface area contributed by atoms with Crippen molar-refractivity contribution < 1.29 is 4.79 Å². The van der Waals surface area contributed by atoms with Gasteiger partial charge >= 0.3 is 0 Å². The highest BCUT2D eigenvalue weighted by atomic mass is 16.1. The fraction of sp³-hybridized carbons (Fsp3) is 0.412. The van der Waals surface area contributed by atoms with Crippen molar-refractivity contribution in [1.82, 2.24) is 15.2 Å². The molecule has 22 heavy (non-hydrogen) atoms. The maximum absolute atomic E-state index is 12.0. The number of hydrogen-bond donors (Lipinski definition) is 2. The van der Waals surface area contributed by atoms with Crippen LogP contribution in [-0.4, -0.2) is 49.5 Å². The van der Waals surface area contributed by atoms with Crippen LogP contribution in [0.4, 0.5) is 5.69 Å². The molecule has 1 heterocycles. The van der Waals surface area contributed by atoms with Crippen LogP contribution >= 0.6 is 0 Å². The van der Waals surface area contributed by atoms with Gasteiger partial charge < -0.3 is 15.5 Å². The fourth-order valence-electron chi connectivity index (χ4n) is 2.26. The number of rotatable bonds is 8. The van der Waals surface area contributed by atoms with Crippen LogP contribution in [0.2, 0.25) is 0 Å². The van der Waals surface area contributed by atoms with E-state index in [1.54, 1.807) is 6.20 Å². The van der Waals surface area contributed by atoms with Crippen molar-refractivity contribution in [3.8, 4) is 0 Å². The van der Waals surface area contributed by atoms with E-state index in [9.17, 15) is 4.79 Å². The molecular weight excluding hydrogens is 276 g/mol. The number of benzene rings is 1. The lowest BCUT2D eigenvalue weighted by Crippen LogP contribution is -2.25. The molecule has 5 heteroatoms. The van der Waals surface area contributed by atoms with E-state index in [0.29, 0.717) is 13.0 Å². The molecule has 0 atom stereocenters. The molecule has 0 spiro atoms. The third-order valence-electron chi connectivity index (χ3n) is 3.39. The van der Waals surface area contributed by atoms with E-state index >= 15 is 0 Å². The van der Waals surface area contributed by atoms with E-state index in [1.807, 2.05) is 30.3 Å². The lowest BCUT2D eigenvalue weighted by Gasteiger charge is -2.10. The van der Waals surface area contributed by atoms with Gasteiger partial charge in [-0.25, -0.2) is 0 Å².